The fraction of sp³-hybridized carbons (Fsp3) is 0.304. The summed E-state index contributed by atoms with van der Waals surface area (Å²) in [6.45, 7) is 1.06. The van der Waals surface area contributed by atoms with Gasteiger partial charge in [0.2, 0.25) is 10.0 Å². The second-order valence-corrected chi connectivity index (χ2v) is 9.81. The summed E-state index contributed by atoms with van der Waals surface area (Å²) < 4.78 is 27.8. The van der Waals surface area contributed by atoms with Gasteiger partial charge in [-0.2, -0.15) is 4.31 Å². The second kappa shape index (κ2) is 8.64. The van der Waals surface area contributed by atoms with E-state index in [2.05, 4.69) is 10.3 Å². The van der Waals surface area contributed by atoms with E-state index < -0.39 is 10.0 Å². The third-order valence-corrected chi connectivity index (χ3v) is 7.44. The van der Waals surface area contributed by atoms with Crippen LogP contribution in [0.25, 0.3) is 10.9 Å². The van der Waals surface area contributed by atoms with Gasteiger partial charge in [0.1, 0.15) is 0 Å². The van der Waals surface area contributed by atoms with E-state index >= 15 is 0 Å². The van der Waals surface area contributed by atoms with E-state index in [1.54, 1.807) is 42.6 Å². The Balaban J connectivity index is 1.71. The maximum atomic E-state index is 13.1. The van der Waals surface area contributed by atoms with Crippen LogP contribution in [0.4, 0.5) is 11.4 Å². The van der Waals surface area contributed by atoms with Gasteiger partial charge < -0.3 is 10.2 Å². The summed E-state index contributed by atoms with van der Waals surface area (Å²) in [7, 11) is 0.0970. The first kappa shape index (κ1) is 21.3. The van der Waals surface area contributed by atoms with Crippen LogP contribution in [-0.4, -0.2) is 50.8 Å². The van der Waals surface area contributed by atoms with E-state index in [1.807, 2.05) is 31.1 Å². The Bertz CT molecular complexity index is 1210. The Hall–Kier alpha value is -2.97. The molecule has 0 aliphatic carbocycles. The highest BCUT2D eigenvalue weighted by Crippen LogP contribution is 2.31. The van der Waals surface area contributed by atoms with Gasteiger partial charge in [0.25, 0.3) is 5.91 Å². The average molecular weight is 439 g/mol. The number of aromatic nitrogens is 1. The van der Waals surface area contributed by atoms with E-state index in [-0.39, 0.29) is 10.8 Å². The number of nitrogens with zero attached hydrogens (tertiary/aromatic N) is 3. The number of anilines is 2. The minimum atomic E-state index is -3.61. The lowest BCUT2D eigenvalue weighted by Gasteiger charge is -2.26. The fourth-order valence-corrected chi connectivity index (χ4v) is 5.45. The third-order valence-electron chi connectivity index (χ3n) is 5.54. The molecule has 0 spiro atoms. The molecule has 1 aliphatic heterocycles. The first-order valence-corrected chi connectivity index (χ1v) is 11.8. The molecule has 1 fully saturated rings. The highest BCUT2D eigenvalue weighted by Gasteiger charge is 2.27. The maximum absolute atomic E-state index is 13.1. The molecule has 162 valence electrons. The molecule has 0 atom stereocenters. The topological polar surface area (TPSA) is 82.6 Å². The summed E-state index contributed by atoms with van der Waals surface area (Å²) in [5.41, 5.74) is 2.39. The minimum absolute atomic E-state index is 0.190. The van der Waals surface area contributed by atoms with Crippen LogP contribution in [0.5, 0.6) is 0 Å². The van der Waals surface area contributed by atoms with Crippen molar-refractivity contribution >= 4 is 38.2 Å². The smallest absolute Gasteiger partial charge is 0.256 e. The van der Waals surface area contributed by atoms with Gasteiger partial charge in [0.05, 0.1) is 21.8 Å². The summed E-state index contributed by atoms with van der Waals surface area (Å²) in [4.78, 5) is 19.5. The Labute approximate surface area is 182 Å². The second-order valence-electron chi connectivity index (χ2n) is 7.87. The molecule has 31 heavy (non-hydrogen) atoms. The minimum Gasteiger partial charge on any atom is -0.376 e. The molecule has 0 saturated carbocycles. The van der Waals surface area contributed by atoms with Crippen LogP contribution in [0.1, 0.15) is 29.6 Å². The predicted molar refractivity (Wildman–Crippen MR) is 123 cm³/mol. The fourth-order valence-electron chi connectivity index (χ4n) is 3.91. The van der Waals surface area contributed by atoms with E-state index in [0.29, 0.717) is 24.3 Å². The van der Waals surface area contributed by atoms with Gasteiger partial charge in [-0.15, -0.1) is 0 Å². The molecule has 0 bridgehead atoms. The third kappa shape index (κ3) is 4.26. The number of amides is 1. The van der Waals surface area contributed by atoms with Crippen LogP contribution in [0.15, 0.2) is 59.6 Å². The molecule has 1 aliphatic rings. The van der Waals surface area contributed by atoms with Crippen molar-refractivity contribution in [3.63, 3.8) is 0 Å². The van der Waals surface area contributed by atoms with Gasteiger partial charge >= 0.3 is 0 Å². The molecule has 0 unspecified atom stereocenters. The molecule has 4 rings (SSSR count). The highest BCUT2D eigenvalue weighted by molar-refractivity contribution is 7.89. The van der Waals surface area contributed by atoms with E-state index in [0.717, 1.165) is 35.9 Å². The Morgan fingerprint density at radius 3 is 2.55 bits per heavy atom. The molecule has 2 heterocycles. The molecule has 3 aromatic rings. The van der Waals surface area contributed by atoms with Crippen molar-refractivity contribution in [3.8, 4) is 0 Å². The predicted octanol–water partition coefficient (Wildman–Crippen LogP) is 3.73. The lowest BCUT2D eigenvalue weighted by molar-refractivity contribution is 0.102. The average Bonchev–Trinajstić information content (AvgIpc) is 2.79. The molecular formula is C23H26N4O3S. The van der Waals surface area contributed by atoms with E-state index in [9.17, 15) is 13.2 Å². The molecule has 8 heteroatoms. The summed E-state index contributed by atoms with van der Waals surface area (Å²) in [5, 5.41) is 3.67. The first-order chi connectivity index (χ1) is 14.9. The van der Waals surface area contributed by atoms with E-state index in [4.69, 9.17) is 0 Å². The Morgan fingerprint density at radius 2 is 1.81 bits per heavy atom. The number of sulfonamides is 1. The molecule has 2 aromatic carbocycles. The van der Waals surface area contributed by atoms with Crippen LogP contribution in [-0.2, 0) is 10.0 Å². The van der Waals surface area contributed by atoms with Crippen molar-refractivity contribution in [3.05, 3.63) is 60.3 Å². The van der Waals surface area contributed by atoms with Gasteiger partial charge in [0.15, 0.2) is 0 Å². The largest absolute Gasteiger partial charge is 0.376 e. The molecule has 7 nitrogen and oxygen atoms in total. The van der Waals surface area contributed by atoms with Gasteiger partial charge in [-0.3, -0.25) is 9.78 Å². The van der Waals surface area contributed by atoms with Crippen molar-refractivity contribution < 1.29 is 13.2 Å². The van der Waals surface area contributed by atoms with Crippen molar-refractivity contribution in [2.24, 2.45) is 0 Å². The number of rotatable bonds is 5. The van der Waals surface area contributed by atoms with Crippen LogP contribution in [0.2, 0.25) is 0 Å². The van der Waals surface area contributed by atoms with Gasteiger partial charge in [-0.25, -0.2) is 8.42 Å². The zero-order valence-electron chi connectivity index (χ0n) is 17.7. The normalized spacial score (nSPS) is 15.0. The van der Waals surface area contributed by atoms with Crippen LogP contribution in [0, 0.1) is 0 Å². The zero-order valence-corrected chi connectivity index (χ0v) is 18.5. The van der Waals surface area contributed by atoms with Gasteiger partial charge in [0, 0.05) is 44.3 Å². The van der Waals surface area contributed by atoms with Crippen LogP contribution < -0.4 is 10.2 Å². The quantitative estimate of drug-likeness (QED) is 0.656. The van der Waals surface area contributed by atoms with Crippen molar-refractivity contribution in [1.29, 1.82) is 0 Å². The van der Waals surface area contributed by atoms with Gasteiger partial charge in [-0.05, 0) is 49.2 Å². The van der Waals surface area contributed by atoms with Crippen molar-refractivity contribution in [2.75, 3.05) is 37.4 Å². The lowest BCUT2D eigenvalue weighted by atomic mass is 10.1. The highest BCUT2D eigenvalue weighted by atomic mass is 32.2. The standard InChI is InChI=1S/C23H26N4O3S/c1-26(2)22-12-11-17(31(29,30)27-14-4-3-5-15-27)16-21(22)25-23(28)19-8-6-10-20-18(19)9-7-13-24-20/h6-13,16H,3-5,14-15H2,1-2H3,(H,25,28). The molecular weight excluding hydrogens is 412 g/mol. The number of fused-ring (bicyclic) bond motifs is 1. The summed E-state index contributed by atoms with van der Waals surface area (Å²) in [6.07, 6.45) is 4.47. The summed E-state index contributed by atoms with van der Waals surface area (Å²) in [5.74, 6) is -0.311. The lowest BCUT2D eigenvalue weighted by Crippen LogP contribution is -2.35. The molecule has 1 N–H and O–H groups in total. The molecule has 1 saturated heterocycles. The number of carbonyl (C=O) groups excluding carboxylic acids is 1. The van der Waals surface area contributed by atoms with Crippen molar-refractivity contribution in [1.82, 2.24) is 9.29 Å². The van der Waals surface area contributed by atoms with Crippen LogP contribution in [0.3, 0.4) is 0 Å². The SMILES string of the molecule is CN(C)c1ccc(S(=O)(=O)N2CCCCC2)cc1NC(=O)c1cccc2ncccc12. The first-order valence-electron chi connectivity index (χ1n) is 10.3. The van der Waals surface area contributed by atoms with E-state index in [1.165, 1.54) is 4.31 Å². The molecule has 0 radical (unpaired) electrons. The maximum Gasteiger partial charge on any atom is 0.256 e. The summed E-state index contributed by atoms with van der Waals surface area (Å²) >= 11 is 0. The number of pyridine rings is 1. The van der Waals surface area contributed by atoms with Crippen LogP contribution >= 0.6 is 0 Å². The number of nitrogens with one attached hydrogen (secondary N) is 1. The Kier molecular flexibility index (Phi) is 5.93. The summed E-state index contributed by atoms with van der Waals surface area (Å²) in [6, 6.07) is 13.9. The zero-order chi connectivity index (χ0) is 22.0. The van der Waals surface area contributed by atoms with Gasteiger partial charge in [-0.1, -0.05) is 18.6 Å². The number of carbonyl (C=O) groups is 1. The number of hydrogen-bond acceptors (Lipinski definition) is 5. The monoisotopic (exact) mass is 438 g/mol. The molecule has 1 aromatic heterocycles. The van der Waals surface area contributed by atoms with Crippen molar-refractivity contribution in [2.45, 2.75) is 24.2 Å². The number of benzene rings is 2. The Morgan fingerprint density at radius 1 is 1.03 bits per heavy atom. The number of hydrogen-bond donors (Lipinski definition) is 1. The number of piperidine rings is 1. The molecule has 1 amide bonds.